The largest absolute Gasteiger partial charge is 0.377 e. The number of nitrogens with zero attached hydrogens (tertiary/aromatic N) is 1. The fraction of sp³-hybridized carbons (Fsp3) is 0.235. The Balaban J connectivity index is 1.92. The lowest BCUT2D eigenvalue weighted by atomic mass is 10.0. The summed E-state index contributed by atoms with van der Waals surface area (Å²) in [5, 5.41) is 13.4. The van der Waals surface area contributed by atoms with Crippen LogP contribution in [-0.4, -0.2) is 0 Å². The first kappa shape index (κ1) is 13.0. The fourth-order valence-corrected chi connectivity index (χ4v) is 2.64. The van der Waals surface area contributed by atoms with E-state index in [9.17, 15) is 5.26 Å². The first-order valence-corrected chi connectivity index (χ1v) is 7.17. The number of nitrogens with one attached hydrogen (secondary N) is 1. The molecule has 2 aromatic rings. The van der Waals surface area contributed by atoms with Crippen LogP contribution in [-0.2, 0) is 0 Å². The van der Waals surface area contributed by atoms with E-state index in [4.69, 9.17) is 11.6 Å². The maximum Gasteiger partial charge on any atom is 0.101 e. The Kier molecular flexibility index (Phi) is 3.62. The van der Waals surface area contributed by atoms with Gasteiger partial charge >= 0.3 is 0 Å². The Morgan fingerprint density at radius 1 is 1.15 bits per heavy atom. The highest BCUT2D eigenvalue weighted by Crippen LogP contribution is 2.43. The second-order valence-electron chi connectivity index (χ2n) is 5.17. The zero-order valence-electron chi connectivity index (χ0n) is 11.0. The highest BCUT2D eigenvalue weighted by molar-refractivity contribution is 6.30. The number of benzene rings is 2. The van der Waals surface area contributed by atoms with E-state index in [0.29, 0.717) is 16.5 Å². The van der Waals surface area contributed by atoms with Gasteiger partial charge in [0.2, 0.25) is 0 Å². The second kappa shape index (κ2) is 5.56. The van der Waals surface area contributed by atoms with Crippen LogP contribution >= 0.6 is 11.6 Å². The molecular weight excluding hydrogens is 268 g/mol. The molecular formula is C17H15ClN2. The van der Waals surface area contributed by atoms with Crippen molar-refractivity contribution in [3.63, 3.8) is 0 Å². The summed E-state index contributed by atoms with van der Waals surface area (Å²) in [5.74, 6) is 0.642. The van der Waals surface area contributed by atoms with Crippen molar-refractivity contribution in [2.45, 2.75) is 18.9 Å². The highest BCUT2D eigenvalue weighted by atomic mass is 35.5. The van der Waals surface area contributed by atoms with Gasteiger partial charge < -0.3 is 5.32 Å². The molecule has 2 nitrogen and oxygen atoms in total. The van der Waals surface area contributed by atoms with Crippen LogP contribution in [0.15, 0.2) is 48.5 Å². The monoisotopic (exact) mass is 282 g/mol. The molecule has 1 aliphatic rings. The maximum atomic E-state index is 9.21. The Morgan fingerprint density at radius 3 is 2.55 bits per heavy atom. The molecule has 1 saturated carbocycles. The predicted octanol–water partition coefficient (Wildman–Crippen LogP) is 4.77. The van der Waals surface area contributed by atoms with Gasteiger partial charge in [-0.05, 0) is 42.5 Å². The fourth-order valence-electron chi connectivity index (χ4n) is 2.46. The van der Waals surface area contributed by atoms with Gasteiger partial charge in [-0.15, -0.1) is 0 Å². The van der Waals surface area contributed by atoms with Crippen LogP contribution in [0.25, 0.3) is 0 Å². The molecule has 0 bridgehead atoms. The summed E-state index contributed by atoms with van der Waals surface area (Å²) in [4.78, 5) is 0. The summed E-state index contributed by atoms with van der Waals surface area (Å²) in [6.45, 7) is 0. The van der Waals surface area contributed by atoms with Crippen LogP contribution in [0.5, 0.6) is 0 Å². The summed E-state index contributed by atoms with van der Waals surface area (Å²) in [5.41, 5.74) is 2.72. The van der Waals surface area contributed by atoms with Gasteiger partial charge in [0.05, 0.1) is 17.3 Å². The standard InChI is InChI=1S/C17H15ClN2/c18-15-9-8-14(11-19)16(10-15)20-17(13-6-7-13)12-4-2-1-3-5-12/h1-5,8-10,13,17,20H,6-7H2. The van der Waals surface area contributed by atoms with Crippen molar-refractivity contribution >= 4 is 17.3 Å². The molecule has 2 aromatic carbocycles. The first-order chi connectivity index (χ1) is 9.78. The second-order valence-corrected chi connectivity index (χ2v) is 5.61. The van der Waals surface area contributed by atoms with Gasteiger partial charge in [-0.25, -0.2) is 0 Å². The SMILES string of the molecule is N#Cc1ccc(Cl)cc1NC(c1ccccc1)C1CC1. The van der Waals surface area contributed by atoms with Crippen molar-refractivity contribution in [3.05, 3.63) is 64.7 Å². The van der Waals surface area contributed by atoms with Gasteiger partial charge in [-0.2, -0.15) is 5.26 Å². The molecule has 0 saturated heterocycles. The normalized spacial score (nSPS) is 15.4. The molecule has 1 fully saturated rings. The lowest BCUT2D eigenvalue weighted by Crippen LogP contribution is -2.13. The third-order valence-electron chi connectivity index (χ3n) is 3.67. The molecule has 0 aromatic heterocycles. The molecule has 3 heteroatoms. The Hall–Kier alpha value is -1.98. The zero-order chi connectivity index (χ0) is 13.9. The van der Waals surface area contributed by atoms with Gasteiger partial charge in [-0.3, -0.25) is 0 Å². The molecule has 0 heterocycles. The average Bonchev–Trinajstić information content (AvgIpc) is 3.30. The van der Waals surface area contributed by atoms with Gasteiger partial charge in [0.1, 0.15) is 6.07 Å². The molecule has 100 valence electrons. The van der Waals surface area contributed by atoms with Crippen LogP contribution < -0.4 is 5.32 Å². The van der Waals surface area contributed by atoms with Crippen molar-refractivity contribution < 1.29 is 0 Å². The van der Waals surface area contributed by atoms with Crippen molar-refractivity contribution in [3.8, 4) is 6.07 Å². The number of halogens is 1. The van der Waals surface area contributed by atoms with E-state index in [1.54, 1.807) is 12.1 Å². The summed E-state index contributed by atoms with van der Waals surface area (Å²) < 4.78 is 0. The van der Waals surface area contributed by atoms with E-state index in [2.05, 4.69) is 35.7 Å². The minimum Gasteiger partial charge on any atom is -0.377 e. The van der Waals surface area contributed by atoms with Crippen LogP contribution in [0.3, 0.4) is 0 Å². The topological polar surface area (TPSA) is 35.8 Å². The van der Waals surface area contributed by atoms with Crippen molar-refractivity contribution in [2.75, 3.05) is 5.32 Å². The summed E-state index contributed by atoms with van der Waals surface area (Å²) in [6.07, 6.45) is 2.46. The first-order valence-electron chi connectivity index (χ1n) is 6.79. The lowest BCUT2D eigenvalue weighted by Gasteiger charge is -2.21. The van der Waals surface area contributed by atoms with E-state index in [1.165, 1.54) is 18.4 Å². The predicted molar refractivity (Wildman–Crippen MR) is 81.7 cm³/mol. The number of hydrogen-bond acceptors (Lipinski definition) is 2. The van der Waals surface area contributed by atoms with E-state index in [-0.39, 0.29) is 6.04 Å². The summed E-state index contributed by atoms with van der Waals surface area (Å²) in [6, 6.07) is 18.2. The molecule has 1 aliphatic carbocycles. The van der Waals surface area contributed by atoms with Gasteiger partial charge in [0, 0.05) is 5.02 Å². The van der Waals surface area contributed by atoms with E-state index < -0.39 is 0 Å². The molecule has 0 amide bonds. The minimum atomic E-state index is 0.252. The van der Waals surface area contributed by atoms with Crippen molar-refractivity contribution in [2.24, 2.45) is 5.92 Å². The maximum absolute atomic E-state index is 9.21. The Morgan fingerprint density at radius 2 is 1.90 bits per heavy atom. The summed E-state index contributed by atoms with van der Waals surface area (Å²) >= 11 is 6.05. The Labute approximate surface area is 124 Å². The van der Waals surface area contributed by atoms with Crippen molar-refractivity contribution in [1.29, 1.82) is 5.26 Å². The van der Waals surface area contributed by atoms with Crippen LogP contribution in [0.1, 0.15) is 30.0 Å². The smallest absolute Gasteiger partial charge is 0.101 e. The molecule has 1 N–H and O–H groups in total. The molecule has 1 unspecified atom stereocenters. The third kappa shape index (κ3) is 2.79. The van der Waals surface area contributed by atoms with Crippen LogP contribution in [0.4, 0.5) is 5.69 Å². The van der Waals surface area contributed by atoms with Gasteiger partial charge in [0.25, 0.3) is 0 Å². The van der Waals surface area contributed by atoms with E-state index in [0.717, 1.165) is 5.69 Å². The van der Waals surface area contributed by atoms with E-state index in [1.807, 2.05) is 12.1 Å². The Bertz CT molecular complexity index is 642. The molecule has 0 radical (unpaired) electrons. The highest BCUT2D eigenvalue weighted by Gasteiger charge is 2.32. The number of nitriles is 1. The van der Waals surface area contributed by atoms with Crippen LogP contribution in [0, 0.1) is 17.2 Å². The minimum absolute atomic E-state index is 0.252. The molecule has 0 aliphatic heterocycles. The zero-order valence-corrected chi connectivity index (χ0v) is 11.8. The van der Waals surface area contributed by atoms with E-state index >= 15 is 0 Å². The molecule has 20 heavy (non-hydrogen) atoms. The molecule has 3 rings (SSSR count). The number of anilines is 1. The van der Waals surface area contributed by atoms with Gasteiger partial charge in [0.15, 0.2) is 0 Å². The quantitative estimate of drug-likeness (QED) is 0.876. The van der Waals surface area contributed by atoms with Crippen LogP contribution in [0.2, 0.25) is 5.02 Å². The third-order valence-corrected chi connectivity index (χ3v) is 3.90. The lowest BCUT2D eigenvalue weighted by molar-refractivity contribution is 0.679. The number of hydrogen-bond donors (Lipinski definition) is 1. The number of rotatable bonds is 4. The molecule has 1 atom stereocenters. The van der Waals surface area contributed by atoms with Crippen molar-refractivity contribution in [1.82, 2.24) is 0 Å². The van der Waals surface area contributed by atoms with Gasteiger partial charge in [-0.1, -0.05) is 41.9 Å². The molecule has 0 spiro atoms. The summed E-state index contributed by atoms with van der Waals surface area (Å²) in [7, 11) is 0. The average molecular weight is 283 g/mol.